The van der Waals surface area contributed by atoms with Crippen LogP contribution >= 0.6 is 11.8 Å². The second kappa shape index (κ2) is 2.84. The number of nitrogens with one attached hydrogen (secondary N) is 1. The SMILES string of the molecule is ClN[C@@H]1C[C@H]1c1ccccc1. The third-order valence-electron chi connectivity index (χ3n) is 2.16. The molecule has 1 aliphatic carbocycles. The molecule has 1 N–H and O–H groups in total. The average molecular weight is 168 g/mol. The first-order valence-corrected chi connectivity index (χ1v) is 4.20. The maximum Gasteiger partial charge on any atom is 0.0296 e. The Morgan fingerprint density at radius 2 is 2.00 bits per heavy atom. The summed E-state index contributed by atoms with van der Waals surface area (Å²) in [5.41, 5.74) is 1.39. The first-order valence-electron chi connectivity index (χ1n) is 3.83. The van der Waals surface area contributed by atoms with Crippen molar-refractivity contribution in [2.24, 2.45) is 0 Å². The fourth-order valence-corrected chi connectivity index (χ4v) is 1.63. The van der Waals surface area contributed by atoms with Crippen LogP contribution in [0.15, 0.2) is 30.3 Å². The maximum absolute atomic E-state index is 5.49. The predicted octanol–water partition coefficient (Wildman–Crippen LogP) is 2.29. The highest BCUT2D eigenvalue weighted by molar-refractivity contribution is 6.13. The Morgan fingerprint density at radius 1 is 1.27 bits per heavy atom. The predicted molar refractivity (Wildman–Crippen MR) is 46.6 cm³/mol. The van der Waals surface area contributed by atoms with E-state index in [0.717, 1.165) is 0 Å². The fraction of sp³-hybridized carbons (Fsp3) is 0.333. The lowest BCUT2D eigenvalue weighted by atomic mass is 10.1. The van der Waals surface area contributed by atoms with Crippen molar-refractivity contribution in [2.75, 3.05) is 0 Å². The van der Waals surface area contributed by atoms with Crippen LogP contribution in [-0.4, -0.2) is 6.04 Å². The Labute approximate surface area is 71.5 Å². The van der Waals surface area contributed by atoms with Crippen LogP contribution in [0.4, 0.5) is 0 Å². The van der Waals surface area contributed by atoms with Gasteiger partial charge >= 0.3 is 0 Å². The van der Waals surface area contributed by atoms with Crippen molar-refractivity contribution in [3.63, 3.8) is 0 Å². The minimum atomic E-state index is 0.499. The molecule has 0 unspecified atom stereocenters. The van der Waals surface area contributed by atoms with Gasteiger partial charge in [0, 0.05) is 12.0 Å². The molecule has 0 aliphatic heterocycles. The second-order valence-corrected chi connectivity index (χ2v) is 3.19. The van der Waals surface area contributed by atoms with Crippen molar-refractivity contribution >= 4 is 11.8 Å². The van der Waals surface area contributed by atoms with E-state index in [1.807, 2.05) is 6.07 Å². The molecule has 1 nitrogen and oxygen atoms in total. The third kappa shape index (κ3) is 1.39. The van der Waals surface area contributed by atoms with Crippen LogP contribution in [-0.2, 0) is 0 Å². The van der Waals surface area contributed by atoms with E-state index in [-0.39, 0.29) is 0 Å². The van der Waals surface area contributed by atoms with Crippen molar-refractivity contribution in [1.82, 2.24) is 4.84 Å². The van der Waals surface area contributed by atoms with Gasteiger partial charge in [0.05, 0.1) is 0 Å². The van der Waals surface area contributed by atoms with E-state index in [4.69, 9.17) is 11.8 Å². The Kier molecular flexibility index (Phi) is 1.84. The van der Waals surface area contributed by atoms with Crippen molar-refractivity contribution in [3.8, 4) is 0 Å². The van der Waals surface area contributed by atoms with Gasteiger partial charge in [0.1, 0.15) is 0 Å². The molecule has 58 valence electrons. The quantitative estimate of drug-likeness (QED) is 0.667. The lowest BCUT2D eigenvalue weighted by Crippen LogP contribution is -2.02. The molecule has 2 rings (SSSR count). The molecule has 1 fully saturated rings. The summed E-state index contributed by atoms with van der Waals surface area (Å²) in [4.78, 5) is 2.76. The van der Waals surface area contributed by atoms with Crippen molar-refractivity contribution < 1.29 is 0 Å². The Hall–Kier alpha value is -0.530. The molecular weight excluding hydrogens is 158 g/mol. The van der Waals surface area contributed by atoms with Gasteiger partial charge in [0.15, 0.2) is 0 Å². The van der Waals surface area contributed by atoms with E-state index in [1.54, 1.807) is 0 Å². The molecule has 1 aromatic rings. The minimum absolute atomic E-state index is 0.499. The highest BCUT2D eigenvalue weighted by Gasteiger charge is 2.37. The van der Waals surface area contributed by atoms with E-state index in [9.17, 15) is 0 Å². The van der Waals surface area contributed by atoms with Gasteiger partial charge in [-0.15, -0.1) is 0 Å². The van der Waals surface area contributed by atoms with Crippen LogP contribution in [0.25, 0.3) is 0 Å². The van der Waals surface area contributed by atoms with Gasteiger partial charge < -0.3 is 0 Å². The molecule has 1 aromatic carbocycles. The Bertz CT molecular complexity index is 235. The summed E-state index contributed by atoms with van der Waals surface area (Å²) >= 11 is 5.49. The third-order valence-corrected chi connectivity index (χ3v) is 2.44. The molecule has 0 spiro atoms. The zero-order valence-electron chi connectivity index (χ0n) is 6.13. The van der Waals surface area contributed by atoms with Crippen LogP contribution in [0.3, 0.4) is 0 Å². The van der Waals surface area contributed by atoms with Crippen molar-refractivity contribution in [1.29, 1.82) is 0 Å². The number of rotatable bonds is 2. The largest absolute Gasteiger partial charge is 0.230 e. The Balaban J connectivity index is 2.09. The molecule has 0 saturated heterocycles. The smallest absolute Gasteiger partial charge is 0.0296 e. The number of benzene rings is 1. The molecular formula is C9H10ClN. The molecule has 0 amide bonds. The molecule has 11 heavy (non-hydrogen) atoms. The van der Waals surface area contributed by atoms with Crippen LogP contribution in [0.2, 0.25) is 0 Å². The summed E-state index contributed by atoms with van der Waals surface area (Å²) in [6.45, 7) is 0. The summed E-state index contributed by atoms with van der Waals surface area (Å²) in [5.74, 6) is 0.647. The van der Waals surface area contributed by atoms with Crippen molar-refractivity contribution in [2.45, 2.75) is 18.4 Å². The zero-order chi connectivity index (χ0) is 7.68. The molecule has 0 aromatic heterocycles. The first-order chi connectivity index (χ1) is 5.42. The molecule has 0 heterocycles. The first kappa shape index (κ1) is 7.14. The molecule has 1 saturated carbocycles. The van der Waals surface area contributed by atoms with Gasteiger partial charge in [0.25, 0.3) is 0 Å². The van der Waals surface area contributed by atoms with Gasteiger partial charge in [-0.25, -0.2) is 4.84 Å². The molecule has 2 heteroatoms. The monoisotopic (exact) mass is 167 g/mol. The van der Waals surface area contributed by atoms with E-state index in [2.05, 4.69) is 29.1 Å². The standard InChI is InChI=1S/C9H10ClN/c10-11-9-6-8(9)7-4-2-1-3-5-7/h1-5,8-9,11H,6H2/t8-,9+/m0/s1. The lowest BCUT2D eigenvalue weighted by molar-refractivity contribution is 0.907. The summed E-state index contributed by atoms with van der Waals surface area (Å²) < 4.78 is 0. The molecule has 0 bridgehead atoms. The topological polar surface area (TPSA) is 12.0 Å². The highest BCUT2D eigenvalue weighted by Crippen LogP contribution is 2.40. The van der Waals surface area contributed by atoms with Gasteiger partial charge in [0.2, 0.25) is 0 Å². The summed E-state index contributed by atoms with van der Waals surface area (Å²) in [6.07, 6.45) is 1.17. The minimum Gasteiger partial charge on any atom is -0.230 e. The van der Waals surface area contributed by atoms with E-state index < -0.39 is 0 Å². The zero-order valence-corrected chi connectivity index (χ0v) is 6.88. The van der Waals surface area contributed by atoms with Gasteiger partial charge in [-0.05, 0) is 23.8 Å². The van der Waals surface area contributed by atoms with E-state index in [0.29, 0.717) is 12.0 Å². The van der Waals surface area contributed by atoms with E-state index >= 15 is 0 Å². The lowest BCUT2D eigenvalue weighted by Gasteiger charge is -1.96. The number of hydrogen-bond acceptors (Lipinski definition) is 1. The van der Waals surface area contributed by atoms with Crippen molar-refractivity contribution in [3.05, 3.63) is 35.9 Å². The van der Waals surface area contributed by atoms with Gasteiger partial charge in [-0.3, -0.25) is 0 Å². The highest BCUT2D eigenvalue weighted by atomic mass is 35.5. The number of hydrogen-bond donors (Lipinski definition) is 1. The second-order valence-electron chi connectivity index (χ2n) is 2.97. The van der Waals surface area contributed by atoms with Crippen LogP contribution in [0.5, 0.6) is 0 Å². The van der Waals surface area contributed by atoms with E-state index in [1.165, 1.54) is 12.0 Å². The van der Waals surface area contributed by atoms with Crippen LogP contribution < -0.4 is 4.84 Å². The number of halogens is 1. The summed E-state index contributed by atoms with van der Waals surface area (Å²) in [7, 11) is 0. The normalized spacial score (nSPS) is 28.5. The summed E-state index contributed by atoms with van der Waals surface area (Å²) in [6, 6.07) is 11.0. The fourth-order valence-electron chi connectivity index (χ4n) is 1.38. The summed E-state index contributed by atoms with van der Waals surface area (Å²) in [5, 5.41) is 0. The maximum atomic E-state index is 5.49. The molecule has 0 radical (unpaired) electrons. The van der Waals surface area contributed by atoms with Crippen LogP contribution in [0.1, 0.15) is 17.9 Å². The van der Waals surface area contributed by atoms with Gasteiger partial charge in [-0.2, -0.15) is 0 Å². The van der Waals surface area contributed by atoms with Gasteiger partial charge in [-0.1, -0.05) is 30.3 Å². The molecule has 1 aliphatic rings. The Morgan fingerprint density at radius 3 is 2.55 bits per heavy atom. The average Bonchev–Trinajstić information content (AvgIpc) is 2.85. The molecule has 2 atom stereocenters. The van der Waals surface area contributed by atoms with Crippen LogP contribution in [0, 0.1) is 0 Å².